The van der Waals surface area contributed by atoms with Gasteiger partial charge in [-0.1, -0.05) is 19.4 Å². The highest BCUT2D eigenvalue weighted by Crippen LogP contribution is 2.22. The standard InChI is InChI=1S/C19H32N4O2S2/c1-3-20-19(23-15-8-5-9-16(14-15)27(25)4-2)22-12-7-11-21-18(24)17-10-6-13-26-17/h6,10,13,15-16H,3-5,7-9,11-12,14H2,1-2H3,(H,21,24)(H2,20,22,23). The molecular weight excluding hydrogens is 380 g/mol. The summed E-state index contributed by atoms with van der Waals surface area (Å²) in [6.07, 6.45) is 5.01. The Bertz CT molecular complexity index is 619. The Morgan fingerprint density at radius 1 is 1.33 bits per heavy atom. The van der Waals surface area contributed by atoms with Crippen LogP contribution in [0.15, 0.2) is 22.5 Å². The van der Waals surface area contributed by atoms with Gasteiger partial charge in [0.05, 0.1) is 4.88 Å². The number of hydrogen-bond donors (Lipinski definition) is 3. The van der Waals surface area contributed by atoms with E-state index in [1.807, 2.05) is 31.4 Å². The number of carbonyl (C=O) groups excluding carboxylic acids is 1. The van der Waals surface area contributed by atoms with Crippen molar-refractivity contribution in [3.05, 3.63) is 22.4 Å². The number of hydrogen-bond acceptors (Lipinski definition) is 4. The zero-order valence-corrected chi connectivity index (χ0v) is 18.0. The molecule has 0 aliphatic heterocycles. The minimum atomic E-state index is -0.718. The lowest BCUT2D eigenvalue weighted by Crippen LogP contribution is -2.46. The molecule has 0 saturated heterocycles. The summed E-state index contributed by atoms with van der Waals surface area (Å²) in [5.41, 5.74) is 0. The normalized spacial score (nSPS) is 21.5. The summed E-state index contributed by atoms with van der Waals surface area (Å²) in [4.78, 5) is 17.3. The smallest absolute Gasteiger partial charge is 0.261 e. The van der Waals surface area contributed by atoms with Crippen LogP contribution in [0.1, 0.15) is 55.6 Å². The van der Waals surface area contributed by atoms with Crippen LogP contribution in [0.2, 0.25) is 0 Å². The Morgan fingerprint density at radius 3 is 2.89 bits per heavy atom. The van der Waals surface area contributed by atoms with Gasteiger partial charge in [0.1, 0.15) is 0 Å². The van der Waals surface area contributed by atoms with Crippen LogP contribution in [0, 0.1) is 0 Å². The minimum Gasteiger partial charge on any atom is -0.357 e. The van der Waals surface area contributed by atoms with Crippen molar-refractivity contribution >= 4 is 34.0 Å². The predicted octanol–water partition coefficient (Wildman–Crippen LogP) is 2.50. The van der Waals surface area contributed by atoms with Crippen LogP contribution in [-0.4, -0.2) is 52.8 Å². The van der Waals surface area contributed by atoms with E-state index in [1.165, 1.54) is 11.3 Å². The first kappa shape index (κ1) is 21.9. The van der Waals surface area contributed by atoms with Crippen LogP contribution in [0.3, 0.4) is 0 Å². The van der Waals surface area contributed by atoms with Gasteiger partial charge in [-0.2, -0.15) is 0 Å². The molecule has 1 saturated carbocycles. The van der Waals surface area contributed by atoms with E-state index >= 15 is 0 Å². The average Bonchev–Trinajstić information content (AvgIpc) is 3.22. The van der Waals surface area contributed by atoms with Crippen molar-refractivity contribution in [2.75, 3.05) is 25.4 Å². The molecule has 1 heterocycles. The highest BCUT2D eigenvalue weighted by atomic mass is 32.2. The molecule has 152 valence electrons. The molecule has 1 fully saturated rings. The van der Waals surface area contributed by atoms with E-state index in [0.29, 0.717) is 24.4 Å². The van der Waals surface area contributed by atoms with Gasteiger partial charge in [-0.05, 0) is 44.1 Å². The summed E-state index contributed by atoms with van der Waals surface area (Å²) in [6.45, 7) is 6.11. The molecule has 0 aromatic carbocycles. The number of thiophene rings is 1. The van der Waals surface area contributed by atoms with E-state index in [0.717, 1.165) is 55.2 Å². The van der Waals surface area contributed by atoms with E-state index in [1.54, 1.807) is 0 Å². The number of aliphatic imine (C=N–C) groups is 1. The Balaban J connectivity index is 1.74. The molecule has 1 aromatic heterocycles. The first-order valence-electron chi connectivity index (χ1n) is 9.87. The van der Waals surface area contributed by atoms with E-state index in [2.05, 4.69) is 20.9 Å². The summed E-state index contributed by atoms with van der Waals surface area (Å²) in [5.74, 6) is 1.54. The van der Waals surface area contributed by atoms with Gasteiger partial charge < -0.3 is 16.0 Å². The molecule has 3 unspecified atom stereocenters. The molecule has 1 aromatic rings. The molecule has 1 aliphatic carbocycles. The van der Waals surface area contributed by atoms with Crippen LogP contribution >= 0.6 is 11.3 Å². The largest absolute Gasteiger partial charge is 0.357 e. The maximum Gasteiger partial charge on any atom is 0.261 e. The van der Waals surface area contributed by atoms with Crippen LogP contribution < -0.4 is 16.0 Å². The molecule has 0 spiro atoms. The molecule has 3 atom stereocenters. The van der Waals surface area contributed by atoms with Gasteiger partial charge in [0, 0.05) is 47.5 Å². The molecule has 0 radical (unpaired) electrons. The molecule has 2 rings (SSSR count). The van der Waals surface area contributed by atoms with Gasteiger partial charge in [-0.3, -0.25) is 14.0 Å². The van der Waals surface area contributed by atoms with E-state index < -0.39 is 10.8 Å². The molecule has 6 nitrogen and oxygen atoms in total. The minimum absolute atomic E-state index is 0.0174. The topological polar surface area (TPSA) is 82.6 Å². The highest BCUT2D eigenvalue weighted by molar-refractivity contribution is 7.85. The van der Waals surface area contributed by atoms with Crippen LogP contribution in [-0.2, 0) is 10.8 Å². The SMILES string of the molecule is CCNC(=NCCCNC(=O)c1cccs1)NC1CCCC(S(=O)CC)C1. The van der Waals surface area contributed by atoms with Crippen molar-refractivity contribution in [3.63, 3.8) is 0 Å². The third kappa shape index (κ3) is 7.62. The predicted molar refractivity (Wildman–Crippen MR) is 115 cm³/mol. The zero-order valence-electron chi connectivity index (χ0n) is 16.3. The quantitative estimate of drug-likeness (QED) is 0.331. The monoisotopic (exact) mass is 412 g/mol. The van der Waals surface area contributed by atoms with E-state index in [-0.39, 0.29) is 5.91 Å². The Hall–Kier alpha value is -1.41. The second-order valence-electron chi connectivity index (χ2n) is 6.65. The van der Waals surface area contributed by atoms with Crippen molar-refractivity contribution in [3.8, 4) is 0 Å². The molecule has 8 heteroatoms. The molecule has 1 aliphatic rings. The number of carbonyl (C=O) groups is 1. The maximum absolute atomic E-state index is 12.1. The summed E-state index contributed by atoms with van der Waals surface area (Å²) >= 11 is 1.45. The fourth-order valence-electron chi connectivity index (χ4n) is 3.23. The summed E-state index contributed by atoms with van der Waals surface area (Å²) in [5, 5.41) is 11.9. The van der Waals surface area contributed by atoms with Crippen molar-refractivity contribution in [2.24, 2.45) is 4.99 Å². The van der Waals surface area contributed by atoms with Gasteiger partial charge >= 0.3 is 0 Å². The Kier molecular flexibility index (Phi) is 9.83. The molecule has 27 heavy (non-hydrogen) atoms. The number of amides is 1. The lowest BCUT2D eigenvalue weighted by Gasteiger charge is -2.30. The Morgan fingerprint density at radius 2 is 2.19 bits per heavy atom. The number of rotatable bonds is 9. The van der Waals surface area contributed by atoms with Gasteiger partial charge in [0.15, 0.2) is 5.96 Å². The fourth-order valence-corrected chi connectivity index (χ4v) is 5.22. The van der Waals surface area contributed by atoms with Crippen LogP contribution in [0.25, 0.3) is 0 Å². The van der Waals surface area contributed by atoms with Gasteiger partial charge in [0.2, 0.25) is 0 Å². The molecular formula is C19H32N4O2S2. The third-order valence-corrected chi connectivity index (χ3v) is 7.21. The summed E-state index contributed by atoms with van der Waals surface area (Å²) in [7, 11) is -0.718. The number of guanidine groups is 1. The number of nitrogens with one attached hydrogen (secondary N) is 3. The van der Waals surface area contributed by atoms with Crippen molar-refractivity contribution in [1.29, 1.82) is 0 Å². The molecule has 0 bridgehead atoms. The zero-order chi connectivity index (χ0) is 19.5. The molecule has 1 amide bonds. The van der Waals surface area contributed by atoms with Gasteiger partial charge in [-0.25, -0.2) is 0 Å². The van der Waals surface area contributed by atoms with Crippen molar-refractivity contribution < 1.29 is 9.00 Å². The highest BCUT2D eigenvalue weighted by Gasteiger charge is 2.25. The second-order valence-corrected chi connectivity index (χ2v) is 9.60. The summed E-state index contributed by atoms with van der Waals surface area (Å²) in [6, 6.07) is 4.04. The van der Waals surface area contributed by atoms with Crippen LogP contribution in [0.4, 0.5) is 0 Å². The third-order valence-electron chi connectivity index (χ3n) is 4.60. The van der Waals surface area contributed by atoms with Gasteiger partial charge in [-0.15, -0.1) is 11.3 Å². The van der Waals surface area contributed by atoms with E-state index in [4.69, 9.17) is 0 Å². The van der Waals surface area contributed by atoms with Crippen LogP contribution in [0.5, 0.6) is 0 Å². The first-order chi connectivity index (χ1) is 13.1. The fraction of sp³-hybridized carbons (Fsp3) is 0.684. The lowest BCUT2D eigenvalue weighted by molar-refractivity contribution is 0.0957. The van der Waals surface area contributed by atoms with Crippen molar-refractivity contribution in [2.45, 2.75) is 57.2 Å². The maximum atomic E-state index is 12.1. The molecule has 3 N–H and O–H groups in total. The average molecular weight is 413 g/mol. The second kappa shape index (κ2) is 12.1. The lowest BCUT2D eigenvalue weighted by atomic mass is 9.95. The Labute approximate surface area is 169 Å². The van der Waals surface area contributed by atoms with Crippen molar-refractivity contribution in [1.82, 2.24) is 16.0 Å². The summed E-state index contributed by atoms with van der Waals surface area (Å²) < 4.78 is 12.1. The van der Waals surface area contributed by atoms with Gasteiger partial charge in [0.25, 0.3) is 5.91 Å². The first-order valence-corrected chi connectivity index (χ1v) is 12.1. The van der Waals surface area contributed by atoms with E-state index in [9.17, 15) is 9.00 Å². The number of nitrogens with zero attached hydrogens (tertiary/aromatic N) is 1.